The first kappa shape index (κ1) is 16.0. The molecule has 130 valence electrons. The van der Waals surface area contributed by atoms with Crippen LogP contribution >= 0.6 is 11.8 Å². The van der Waals surface area contributed by atoms with Crippen LogP contribution in [0.3, 0.4) is 0 Å². The van der Waals surface area contributed by atoms with Crippen LogP contribution in [0.2, 0.25) is 0 Å². The Morgan fingerprint density at radius 2 is 2.12 bits per heavy atom. The van der Waals surface area contributed by atoms with Gasteiger partial charge < -0.3 is 19.4 Å². The molecule has 0 saturated carbocycles. The highest BCUT2D eigenvalue weighted by atomic mass is 32.2. The topological polar surface area (TPSA) is 82.5 Å². The second kappa shape index (κ2) is 6.11. The van der Waals surface area contributed by atoms with E-state index in [2.05, 4.69) is 10.3 Å². The quantitative estimate of drug-likeness (QED) is 0.667. The number of carbonyl (C=O) groups is 1. The van der Waals surface area contributed by atoms with Crippen molar-refractivity contribution in [2.24, 2.45) is 7.05 Å². The smallest absolute Gasteiger partial charge is 0.279 e. The molecular weight excluding hydrogens is 342 g/mol. The van der Waals surface area contributed by atoms with Crippen LogP contribution in [-0.2, 0) is 11.8 Å². The largest absolute Gasteiger partial charge is 0.454 e. The van der Waals surface area contributed by atoms with E-state index in [0.717, 1.165) is 11.3 Å². The first-order valence-corrected chi connectivity index (χ1v) is 9.00. The van der Waals surface area contributed by atoms with Gasteiger partial charge in [0, 0.05) is 19.4 Å². The van der Waals surface area contributed by atoms with Crippen LogP contribution in [0.1, 0.15) is 30.4 Å². The van der Waals surface area contributed by atoms with E-state index >= 15 is 0 Å². The fourth-order valence-corrected chi connectivity index (χ4v) is 3.90. The minimum atomic E-state index is -0.356. The highest BCUT2D eigenvalue weighted by molar-refractivity contribution is 7.99. The fourth-order valence-electron chi connectivity index (χ4n) is 3.21. The zero-order chi connectivity index (χ0) is 17.6. The fraction of sp³-hybridized carbons (Fsp3) is 0.353. The molecule has 0 spiro atoms. The number of rotatable bonds is 3. The summed E-state index contributed by atoms with van der Waals surface area (Å²) < 4.78 is 12.5. The van der Waals surface area contributed by atoms with Gasteiger partial charge in [-0.1, -0.05) is 24.8 Å². The van der Waals surface area contributed by atoms with E-state index in [-0.39, 0.29) is 30.6 Å². The van der Waals surface area contributed by atoms with E-state index in [1.54, 1.807) is 4.57 Å². The summed E-state index contributed by atoms with van der Waals surface area (Å²) in [5.74, 6) is 2.14. The third kappa shape index (κ3) is 2.66. The standard InChI is InChI=1S/C17H17N3O4S/c1-3-25-17-19-16(22)14-10(7-13(21)18-15(14)20(17)2)9-4-5-11-12(6-9)24-8-23-11/h4-6,10H,3,7-8H2,1-2H3,(H,18,21). The van der Waals surface area contributed by atoms with E-state index in [1.165, 1.54) is 11.8 Å². The highest BCUT2D eigenvalue weighted by Gasteiger charge is 2.32. The van der Waals surface area contributed by atoms with Crippen LogP contribution in [0.25, 0.3) is 0 Å². The molecule has 1 aromatic carbocycles. The number of nitrogens with zero attached hydrogens (tertiary/aromatic N) is 2. The van der Waals surface area contributed by atoms with Crippen molar-refractivity contribution < 1.29 is 14.3 Å². The predicted molar refractivity (Wildman–Crippen MR) is 93.5 cm³/mol. The molecule has 8 heteroatoms. The van der Waals surface area contributed by atoms with Gasteiger partial charge in [0.2, 0.25) is 12.7 Å². The van der Waals surface area contributed by atoms with Gasteiger partial charge in [0.1, 0.15) is 5.82 Å². The molecule has 2 aliphatic rings. The van der Waals surface area contributed by atoms with Gasteiger partial charge in [0.25, 0.3) is 5.56 Å². The molecule has 0 saturated heterocycles. The van der Waals surface area contributed by atoms with Crippen LogP contribution in [0.4, 0.5) is 5.82 Å². The maximum Gasteiger partial charge on any atom is 0.279 e. The summed E-state index contributed by atoms with van der Waals surface area (Å²) in [7, 11) is 1.81. The van der Waals surface area contributed by atoms with Crippen LogP contribution in [0.15, 0.2) is 28.2 Å². The average molecular weight is 359 g/mol. The van der Waals surface area contributed by atoms with E-state index in [1.807, 2.05) is 32.2 Å². The molecule has 2 aliphatic heterocycles. The molecule has 2 aromatic rings. The highest BCUT2D eigenvalue weighted by Crippen LogP contribution is 2.40. The van der Waals surface area contributed by atoms with Crippen LogP contribution < -0.4 is 20.3 Å². The maximum atomic E-state index is 12.7. The Morgan fingerprint density at radius 1 is 1.32 bits per heavy atom. The van der Waals surface area contributed by atoms with Crippen LogP contribution in [0.5, 0.6) is 11.5 Å². The monoisotopic (exact) mass is 359 g/mol. The van der Waals surface area contributed by atoms with E-state index in [4.69, 9.17) is 9.47 Å². The third-order valence-corrected chi connectivity index (χ3v) is 5.29. The second-order valence-electron chi connectivity index (χ2n) is 5.87. The molecule has 0 fully saturated rings. The summed E-state index contributed by atoms with van der Waals surface area (Å²) in [5, 5.41) is 3.43. The Morgan fingerprint density at radius 3 is 2.92 bits per heavy atom. The number of anilines is 1. The number of fused-ring (bicyclic) bond motifs is 2. The number of thioether (sulfide) groups is 1. The van der Waals surface area contributed by atoms with Crippen molar-refractivity contribution in [2.75, 3.05) is 17.9 Å². The third-order valence-electron chi connectivity index (χ3n) is 4.37. The lowest BCUT2D eigenvalue weighted by atomic mass is 9.86. The van der Waals surface area contributed by atoms with Gasteiger partial charge in [-0.2, -0.15) is 4.98 Å². The van der Waals surface area contributed by atoms with Gasteiger partial charge in [0.05, 0.1) is 5.56 Å². The van der Waals surface area contributed by atoms with Crippen molar-refractivity contribution in [3.8, 4) is 11.5 Å². The Balaban J connectivity index is 1.86. The molecule has 4 rings (SSSR count). The summed E-state index contributed by atoms with van der Waals surface area (Å²) in [6.07, 6.45) is 0.198. The summed E-state index contributed by atoms with van der Waals surface area (Å²) in [6, 6.07) is 5.52. The minimum Gasteiger partial charge on any atom is -0.454 e. The number of nitrogens with one attached hydrogen (secondary N) is 1. The van der Waals surface area contributed by atoms with Crippen molar-refractivity contribution >= 4 is 23.5 Å². The zero-order valence-corrected chi connectivity index (χ0v) is 14.7. The van der Waals surface area contributed by atoms with Crippen LogP contribution in [0, 0.1) is 0 Å². The number of carbonyl (C=O) groups excluding carboxylic acids is 1. The minimum absolute atomic E-state index is 0.121. The van der Waals surface area contributed by atoms with Crippen molar-refractivity contribution in [2.45, 2.75) is 24.4 Å². The normalized spacial score (nSPS) is 18.0. The predicted octanol–water partition coefficient (Wildman–Crippen LogP) is 2.10. The van der Waals surface area contributed by atoms with Crippen molar-refractivity contribution in [3.05, 3.63) is 39.7 Å². The van der Waals surface area contributed by atoms with Crippen molar-refractivity contribution in [1.29, 1.82) is 0 Å². The number of ether oxygens (including phenoxy) is 2. The Hall–Kier alpha value is -2.48. The Kier molecular flexibility index (Phi) is 3.91. The Bertz CT molecular complexity index is 925. The molecule has 0 bridgehead atoms. The molecule has 1 amide bonds. The number of amides is 1. The molecule has 1 N–H and O–H groups in total. The lowest BCUT2D eigenvalue weighted by Gasteiger charge is -2.27. The number of hydrogen-bond acceptors (Lipinski definition) is 6. The van der Waals surface area contributed by atoms with Gasteiger partial charge in [0.15, 0.2) is 16.7 Å². The summed E-state index contributed by atoms with van der Waals surface area (Å²) in [4.78, 5) is 29.2. The van der Waals surface area contributed by atoms with Gasteiger partial charge in [-0.05, 0) is 23.4 Å². The van der Waals surface area contributed by atoms with Crippen LogP contribution in [-0.4, -0.2) is 28.0 Å². The van der Waals surface area contributed by atoms with Gasteiger partial charge in [-0.15, -0.1) is 0 Å². The first-order chi connectivity index (χ1) is 12.1. The average Bonchev–Trinajstić information content (AvgIpc) is 3.06. The SMILES string of the molecule is CCSc1nc(=O)c2c(n1C)NC(=O)CC2c1ccc2c(c1)OCO2. The zero-order valence-electron chi connectivity index (χ0n) is 13.9. The first-order valence-electron chi connectivity index (χ1n) is 8.01. The van der Waals surface area contributed by atoms with Gasteiger partial charge in [-0.25, -0.2) is 0 Å². The molecule has 25 heavy (non-hydrogen) atoms. The summed E-state index contributed by atoms with van der Waals surface area (Å²) >= 11 is 1.47. The van der Waals surface area contributed by atoms with Gasteiger partial charge in [-0.3, -0.25) is 9.59 Å². The second-order valence-corrected chi connectivity index (χ2v) is 7.10. The van der Waals surface area contributed by atoms with E-state index in [9.17, 15) is 9.59 Å². The summed E-state index contributed by atoms with van der Waals surface area (Å²) in [5.41, 5.74) is 1.06. The number of hydrogen-bond donors (Lipinski definition) is 1. The van der Waals surface area contributed by atoms with Gasteiger partial charge >= 0.3 is 0 Å². The van der Waals surface area contributed by atoms with E-state index < -0.39 is 0 Å². The number of benzene rings is 1. The molecule has 1 atom stereocenters. The maximum absolute atomic E-state index is 12.7. The molecule has 0 aliphatic carbocycles. The molecular formula is C17H17N3O4S. The molecule has 0 radical (unpaired) electrons. The van der Waals surface area contributed by atoms with Crippen molar-refractivity contribution in [1.82, 2.24) is 9.55 Å². The molecule has 7 nitrogen and oxygen atoms in total. The van der Waals surface area contributed by atoms with Crippen molar-refractivity contribution in [3.63, 3.8) is 0 Å². The lowest BCUT2D eigenvalue weighted by Crippen LogP contribution is -2.33. The summed E-state index contributed by atoms with van der Waals surface area (Å²) in [6.45, 7) is 2.17. The number of aromatic nitrogens is 2. The molecule has 1 unspecified atom stereocenters. The molecule has 3 heterocycles. The molecule has 1 aromatic heterocycles. The Labute approximate surface area is 148 Å². The lowest BCUT2D eigenvalue weighted by molar-refractivity contribution is -0.116. The van der Waals surface area contributed by atoms with E-state index in [0.29, 0.717) is 28.0 Å².